The van der Waals surface area contributed by atoms with Crippen LogP contribution in [0.1, 0.15) is 11.1 Å². The monoisotopic (exact) mass is 330 g/mol. The highest BCUT2D eigenvalue weighted by Crippen LogP contribution is 2.32. The molecule has 1 aliphatic heterocycles. The van der Waals surface area contributed by atoms with Crippen LogP contribution in [0, 0.1) is 11.3 Å². The zero-order chi connectivity index (χ0) is 13.2. The van der Waals surface area contributed by atoms with E-state index in [0.717, 1.165) is 27.8 Å². The number of benzene rings is 1. The molecule has 0 aromatic heterocycles. The van der Waals surface area contributed by atoms with E-state index in [1.54, 1.807) is 6.07 Å². The van der Waals surface area contributed by atoms with E-state index >= 15 is 0 Å². The molecule has 0 bridgehead atoms. The highest BCUT2D eigenvalue weighted by atomic mass is 79.9. The van der Waals surface area contributed by atoms with Crippen molar-refractivity contribution < 1.29 is 13.2 Å². The maximum absolute atomic E-state index is 11.4. The number of rotatable bonds is 4. The molecule has 1 aromatic carbocycles. The molecule has 0 fully saturated rings. The predicted octanol–water partition coefficient (Wildman–Crippen LogP) is 1.33. The first-order chi connectivity index (χ1) is 8.52. The van der Waals surface area contributed by atoms with Crippen LogP contribution < -0.4 is 9.46 Å². The molecule has 1 heterocycles. The third-order valence-electron chi connectivity index (χ3n) is 2.56. The third-order valence-corrected chi connectivity index (χ3v) is 4.11. The summed E-state index contributed by atoms with van der Waals surface area (Å²) >= 11 is 3.38. The molecule has 0 atom stereocenters. The molecule has 1 aliphatic rings. The zero-order valence-electron chi connectivity index (χ0n) is 9.44. The second-order valence-electron chi connectivity index (χ2n) is 3.89. The molecule has 18 heavy (non-hydrogen) atoms. The minimum atomic E-state index is -3.54. The molecule has 2 rings (SSSR count). The summed E-state index contributed by atoms with van der Waals surface area (Å²) in [6, 6.07) is 5.40. The normalized spacial score (nSPS) is 13.8. The lowest BCUT2D eigenvalue weighted by molar-refractivity contribution is 0.353. The van der Waals surface area contributed by atoms with E-state index in [9.17, 15) is 8.42 Å². The van der Waals surface area contributed by atoms with E-state index in [1.807, 2.05) is 12.1 Å². The van der Waals surface area contributed by atoms with Gasteiger partial charge in [-0.1, -0.05) is 15.9 Å². The number of hydrogen-bond acceptors (Lipinski definition) is 4. The van der Waals surface area contributed by atoms with Gasteiger partial charge in [-0.3, -0.25) is 0 Å². The minimum absolute atomic E-state index is 0.131. The first-order valence-electron chi connectivity index (χ1n) is 5.30. The number of nitrogens with one attached hydrogen (secondary N) is 1. The van der Waals surface area contributed by atoms with Gasteiger partial charge in [0.1, 0.15) is 5.75 Å². The summed E-state index contributed by atoms with van der Waals surface area (Å²) in [4.78, 5) is 0. The summed E-state index contributed by atoms with van der Waals surface area (Å²) in [7, 11) is -3.54. The van der Waals surface area contributed by atoms with E-state index in [1.165, 1.54) is 0 Å². The standard InChI is InChI=1S/C11H11BrN2O3S/c12-10-5-8-1-3-17-11(8)9(6-10)7-14-18(15,16)4-2-13/h5-6,14H,1,3-4,7H2. The van der Waals surface area contributed by atoms with Crippen molar-refractivity contribution in [2.75, 3.05) is 12.4 Å². The van der Waals surface area contributed by atoms with Crippen molar-refractivity contribution in [3.05, 3.63) is 27.7 Å². The molecule has 7 heteroatoms. The van der Waals surface area contributed by atoms with Crippen LogP contribution in [0.5, 0.6) is 5.75 Å². The molecule has 0 amide bonds. The average molecular weight is 331 g/mol. The Hall–Kier alpha value is -1.10. The van der Waals surface area contributed by atoms with Crippen molar-refractivity contribution in [3.8, 4) is 11.8 Å². The van der Waals surface area contributed by atoms with Crippen LogP contribution in [0.4, 0.5) is 0 Å². The largest absolute Gasteiger partial charge is 0.493 e. The van der Waals surface area contributed by atoms with Gasteiger partial charge in [0, 0.05) is 23.0 Å². The Morgan fingerprint density at radius 1 is 1.50 bits per heavy atom. The molecule has 0 saturated heterocycles. The molecule has 0 radical (unpaired) electrons. The zero-order valence-corrected chi connectivity index (χ0v) is 11.8. The second-order valence-corrected chi connectivity index (χ2v) is 6.61. The quantitative estimate of drug-likeness (QED) is 0.903. The number of sulfonamides is 1. The number of nitrogens with zero attached hydrogens (tertiary/aromatic N) is 1. The maximum atomic E-state index is 11.4. The van der Waals surface area contributed by atoms with Gasteiger partial charge in [0.05, 0.1) is 12.7 Å². The molecule has 0 unspecified atom stereocenters. The van der Waals surface area contributed by atoms with Gasteiger partial charge < -0.3 is 4.74 Å². The van der Waals surface area contributed by atoms with Gasteiger partial charge >= 0.3 is 0 Å². The fourth-order valence-corrected chi connectivity index (χ4v) is 3.00. The van der Waals surface area contributed by atoms with Crippen molar-refractivity contribution in [1.29, 1.82) is 5.26 Å². The van der Waals surface area contributed by atoms with Crippen molar-refractivity contribution in [3.63, 3.8) is 0 Å². The lowest BCUT2D eigenvalue weighted by Crippen LogP contribution is -2.25. The molecular weight excluding hydrogens is 320 g/mol. The number of halogens is 1. The van der Waals surface area contributed by atoms with Gasteiger partial charge in [0.2, 0.25) is 10.0 Å². The topological polar surface area (TPSA) is 79.2 Å². The molecule has 96 valence electrons. The smallest absolute Gasteiger partial charge is 0.225 e. The van der Waals surface area contributed by atoms with Crippen LogP contribution in [-0.2, 0) is 23.0 Å². The minimum Gasteiger partial charge on any atom is -0.493 e. The van der Waals surface area contributed by atoms with Crippen LogP contribution in [0.2, 0.25) is 0 Å². The Bertz CT molecular complexity index is 607. The predicted molar refractivity (Wildman–Crippen MR) is 69.6 cm³/mol. The number of fused-ring (bicyclic) bond motifs is 1. The molecule has 1 aromatic rings. The molecule has 1 N–H and O–H groups in total. The van der Waals surface area contributed by atoms with Crippen molar-refractivity contribution in [2.24, 2.45) is 0 Å². The van der Waals surface area contributed by atoms with E-state index in [0.29, 0.717) is 6.61 Å². The molecule has 0 aliphatic carbocycles. The Labute approximate surface area is 114 Å². The van der Waals surface area contributed by atoms with Crippen LogP contribution in [0.3, 0.4) is 0 Å². The fourth-order valence-electron chi connectivity index (χ4n) is 1.80. The summed E-state index contributed by atoms with van der Waals surface area (Å²) in [6.45, 7) is 0.746. The first kappa shape index (κ1) is 13.3. The average Bonchev–Trinajstić information content (AvgIpc) is 2.73. The van der Waals surface area contributed by atoms with Crippen LogP contribution >= 0.6 is 15.9 Å². The van der Waals surface area contributed by atoms with Crippen LogP contribution in [0.25, 0.3) is 0 Å². The molecule has 0 spiro atoms. The lowest BCUT2D eigenvalue weighted by Gasteiger charge is -2.09. The Balaban J connectivity index is 2.18. The van der Waals surface area contributed by atoms with Crippen molar-refractivity contribution in [1.82, 2.24) is 4.72 Å². The number of nitriles is 1. The Morgan fingerprint density at radius 2 is 2.28 bits per heavy atom. The van der Waals surface area contributed by atoms with Gasteiger partial charge in [-0.2, -0.15) is 5.26 Å². The maximum Gasteiger partial charge on any atom is 0.225 e. The van der Waals surface area contributed by atoms with Crippen molar-refractivity contribution in [2.45, 2.75) is 13.0 Å². The molecule has 0 saturated carbocycles. The third kappa shape index (κ3) is 3.02. The van der Waals surface area contributed by atoms with Gasteiger partial charge in [-0.15, -0.1) is 0 Å². The second kappa shape index (κ2) is 5.26. The summed E-state index contributed by atoms with van der Waals surface area (Å²) in [5.74, 6) is 0.210. The molecular formula is C11H11BrN2O3S. The van der Waals surface area contributed by atoms with Crippen molar-refractivity contribution >= 4 is 26.0 Å². The van der Waals surface area contributed by atoms with E-state index in [4.69, 9.17) is 10.00 Å². The van der Waals surface area contributed by atoms with Crippen LogP contribution in [0.15, 0.2) is 16.6 Å². The van der Waals surface area contributed by atoms with E-state index < -0.39 is 15.8 Å². The van der Waals surface area contributed by atoms with E-state index in [-0.39, 0.29) is 6.54 Å². The SMILES string of the molecule is N#CCS(=O)(=O)NCc1cc(Br)cc2c1OCC2. The fraction of sp³-hybridized carbons (Fsp3) is 0.364. The number of hydrogen-bond donors (Lipinski definition) is 1. The summed E-state index contributed by atoms with van der Waals surface area (Å²) < 4.78 is 31.6. The van der Waals surface area contributed by atoms with Gasteiger partial charge in [-0.25, -0.2) is 13.1 Å². The summed E-state index contributed by atoms with van der Waals surface area (Å²) in [5, 5.41) is 8.40. The Kier molecular flexibility index (Phi) is 3.90. The lowest BCUT2D eigenvalue weighted by atomic mass is 10.1. The van der Waals surface area contributed by atoms with E-state index in [2.05, 4.69) is 20.7 Å². The van der Waals surface area contributed by atoms with Gasteiger partial charge in [0.15, 0.2) is 5.75 Å². The van der Waals surface area contributed by atoms with Crippen LogP contribution in [-0.4, -0.2) is 20.8 Å². The highest BCUT2D eigenvalue weighted by molar-refractivity contribution is 9.10. The first-order valence-corrected chi connectivity index (χ1v) is 7.75. The summed E-state index contributed by atoms with van der Waals surface area (Å²) in [6.07, 6.45) is 0.826. The molecule has 5 nitrogen and oxygen atoms in total. The number of ether oxygens (including phenoxy) is 1. The summed E-state index contributed by atoms with van der Waals surface area (Å²) in [5.41, 5.74) is 1.84. The van der Waals surface area contributed by atoms with Gasteiger partial charge in [0.25, 0.3) is 0 Å². The Morgan fingerprint density at radius 3 is 3.00 bits per heavy atom. The highest BCUT2D eigenvalue weighted by Gasteiger charge is 2.18. The van der Waals surface area contributed by atoms with Gasteiger partial charge in [-0.05, 0) is 17.7 Å².